The number of hydrogen-bond acceptors (Lipinski definition) is 7. The molecule has 40 heavy (non-hydrogen) atoms. The summed E-state index contributed by atoms with van der Waals surface area (Å²) in [5.41, 5.74) is 3.19. The van der Waals surface area contributed by atoms with Crippen molar-refractivity contribution in [2.45, 2.75) is 25.3 Å². The Hall–Kier alpha value is -4.26. The van der Waals surface area contributed by atoms with E-state index in [1.165, 1.54) is 18.4 Å². The van der Waals surface area contributed by atoms with E-state index < -0.39 is 28.3 Å². The van der Waals surface area contributed by atoms with Crippen LogP contribution in [0.4, 0.5) is 15.5 Å². The lowest BCUT2D eigenvalue weighted by Gasteiger charge is -2.17. The Morgan fingerprint density at radius 1 is 0.950 bits per heavy atom. The highest BCUT2D eigenvalue weighted by molar-refractivity contribution is 7.87. The molecule has 2 amide bonds. The maximum atomic E-state index is 13.4. The van der Waals surface area contributed by atoms with Crippen LogP contribution in [0.25, 0.3) is 11.3 Å². The Morgan fingerprint density at radius 2 is 1.60 bits per heavy atom. The summed E-state index contributed by atoms with van der Waals surface area (Å²) in [6, 6.07) is 24.6. The zero-order valence-electron chi connectivity index (χ0n) is 21.5. The summed E-state index contributed by atoms with van der Waals surface area (Å²) in [5.74, 6) is -0.427. The number of thiazole rings is 1. The lowest BCUT2D eigenvalue weighted by molar-refractivity contribution is -0.118. The first-order valence-electron chi connectivity index (χ1n) is 12.3. The van der Waals surface area contributed by atoms with Gasteiger partial charge in [0.05, 0.1) is 17.8 Å². The Morgan fingerprint density at radius 3 is 2.27 bits per heavy atom. The molecule has 0 spiro atoms. The van der Waals surface area contributed by atoms with E-state index in [1.54, 1.807) is 24.3 Å². The van der Waals surface area contributed by atoms with Gasteiger partial charge in [-0.15, -0.1) is 11.3 Å². The summed E-state index contributed by atoms with van der Waals surface area (Å²) in [7, 11) is -3.19. The molecule has 0 aliphatic carbocycles. The highest BCUT2D eigenvalue weighted by atomic mass is 32.2. The van der Waals surface area contributed by atoms with Gasteiger partial charge in [-0.3, -0.25) is 14.1 Å². The van der Waals surface area contributed by atoms with Crippen molar-refractivity contribution in [3.8, 4) is 11.3 Å². The van der Waals surface area contributed by atoms with Gasteiger partial charge >= 0.3 is 16.4 Å². The van der Waals surface area contributed by atoms with Crippen LogP contribution in [0.15, 0.2) is 84.9 Å². The quantitative estimate of drug-likeness (QED) is 0.188. The molecule has 10 nitrogen and oxygen atoms in total. The van der Waals surface area contributed by atoms with Crippen LogP contribution >= 0.6 is 11.3 Å². The molecule has 12 heteroatoms. The first kappa shape index (κ1) is 28.7. The average Bonchev–Trinajstić information content (AvgIpc) is 3.34. The minimum absolute atomic E-state index is 0.256. The third-order valence-electron chi connectivity index (χ3n) is 5.90. The summed E-state index contributed by atoms with van der Waals surface area (Å²) in [5, 5.41) is 6.77. The van der Waals surface area contributed by atoms with Crippen LogP contribution < -0.4 is 15.4 Å². The first-order chi connectivity index (χ1) is 19.2. The summed E-state index contributed by atoms with van der Waals surface area (Å²) in [6.07, 6.45) is 0.403. The van der Waals surface area contributed by atoms with Crippen molar-refractivity contribution >= 4 is 44.3 Å². The monoisotopic (exact) mass is 580 g/mol. The summed E-state index contributed by atoms with van der Waals surface area (Å²) >= 11 is 1.29. The molecular formula is C28H28N4O6S2. The normalized spacial score (nSPS) is 11.8. The minimum Gasteiger partial charge on any atom is -0.453 e. The van der Waals surface area contributed by atoms with E-state index in [4.69, 9.17) is 9.72 Å². The van der Waals surface area contributed by atoms with Gasteiger partial charge in [0.2, 0.25) is 5.91 Å². The van der Waals surface area contributed by atoms with Crippen LogP contribution in [-0.4, -0.2) is 43.1 Å². The van der Waals surface area contributed by atoms with Crippen molar-refractivity contribution in [3.05, 3.63) is 101 Å². The highest BCUT2D eigenvalue weighted by Crippen LogP contribution is 2.34. The van der Waals surface area contributed by atoms with Crippen molar-refractivity contribution in [2.75, 3.05) is 17.1 Å². The SMILES string of the molecule is COC(=O)N[C@@H](Cc1ccccc1)C(=O)Nc1sc(CCc2ccccc2NS(=O)(=O)O)nc1-c1ccccc1. The van der Waals surface area contributed by atoms with Gasteiger partial charge in [0.1, 0.15) is 16.7 Å². The first-order valence-corrected chi connectivity index (χ1v) is 14.5. The molecule has 1 aromatic heterocycles. The maximum Gasteiger partial charge on any atom is 0.407 e. The molecule has 1 heterocycles. The number of nitrogens with zero attached hydrogens (tertiary/aromatic N) is 1. The van der Waals surface area contributed by atoms with Crippen LogP contribution in [-0.2, 0) is 39.1 Å². The van der Waals surface area contributed by atoms with Crippen molar-refractivity contribution in [3.63, 3.8) is 0 Å². The predicted octanol–water partition coefficient (Wildman–Crippen LogP) is 4.72. The van der Waals surface area contributed by atoms with Crippen LogP contribution in [0.3, 0.4) is 0 Å². The zero-order valence-corrected chi connectivity index (χ0v) is 23.2. The fourth-order valence-electron chi connectivity index (χ4n) is 4.03. The standard InChI is InChI=1S/C28H28N4O6S2/c1-38-28(34)29-23(18-19-10-4-2-5-11-19)26(33)31-27-25(21-13-6-3-7-14-21)30-24(39-27)17-16-20-12-8-9-15-22(20)32-40(35,36)37/h2-15,23,32H,16-18H2,1H3,(H,29,34)(H,31,33)(H,35,36,37)/t23-/m0/s1. The van der Waals surface area contributed by atoms with Gasteiger partial charge in [0, 0.05) is 18.4 Å². The highest BCUT2D eigenvalue weighted by Gasteiger charge is 2.24. The van der Waals surface area contributed by atoms with Crippen LogP contribution in [0.5, 0.6) is 0 Å². The van der Waals surface area contributed by atoms with Gasteiger partial charge in [-0.25, -0.2) is 9.78 Å². The molecule has 0 aliphatic heterocycles. The Bertz CT molecular complexity index is 1560. The molecule has 208 valence electrons. The molecule has 0 fully saturated rings. The fourth-order valence-corrected chi connectivity index (χ4v) is 5.49. The summed E-state index contributed by atoms with van der Waals surface area (Å²) in [4.78, 5) is 30.2. The lowest BCUT2D eigenvalue weighted by atomic mass is 10.1. The van der Waals surface area contributed by atoms with E-state index >= 15 is 0 Å². The second-order valence-electron chi connectivity index (χ2n) is 8.75. The number of ether oxygens (including phenoxy) is 1. The smallest absolute Gasteiger partial charge is 0.407 e. The third kappa shape index (κ3) is 8.12. The molecule has 4 rings (SSSR count). The number of aryl methyl sites for hydroxylation is 2. The number of nitrogens with one attached hydrogen (secondary N) is 3. The molecule has 1 atom stereocenters. The number of para-hydroxylation sites is 1. The zero-order chi connectivity index (χ0) is 28.5. The molecule has 0 aliphatic rings. The molecule has 0 saturated carbocycles. The van der Waals surface area contributed by atoms with Crippen molar-refractivity contribution < 1.29 is 27.3 Å². The number of amides is 2. The van der Waals surface area contributed by atoms with Gasteiger partial charge in [-0.05, 0) is 23.6 Å². The van der Waals surface area contributed by atoms with Gasteiger partial charge < -0.3 is 15.4 Å². The van der Waals surface area contributed by atoms with Crippen molar-refractivity contribution in [2.24, 2.45) is 0 Å². The Labute approximate surface area is 236 Å². The predicted molar refractivity (Wildman–Crippen MR) is 155 cm³/mol. The average molecular weight is 581 g/mol. The number of carbonyl (C=O) groups excluding carboxylic acids is 2. The second-order valence-corrected chi connectivity index (χ2v) is 11.0. The van der Waals surface area contributed by atoms with Gasteiger partial charge in [0.15, 0.2) is 0 Å². The van der Waals surface area contributed by atoms with Gasteiger partial charge in [0.25, 0.3) is 0 Å². The molecule has 3 aromatic carbocycles. The largest absolute Gasteiger partial charge is 0.453 e. The van der Waals surface area contributed by atoms with E-state index in [-0.39, 0.29) is 12.1 Å². The number of carbonyl (C=O) groups is 2. The van der Waals surface area contributed by atoms with Crippen molar-refractivity contribution in [1.29, 1.82) is 0 Å². The number of methoxy groups -OCH3 is 1. The molecule has 0 bridgehead atoms. The van der Waals surface area contributed by atoms with E-state index in [2.05, 4.69) is 15.4 Å². The van der Waals surface area contributed by atoms with E-state index in [1.807, 2.05) is 60.7 Å². The molecule has 0 unspecified atom stereocenters. The molecule has 4 N–H and O–H groups in total. The van der Waals surface area contributed by atoms with Gasteiger partial charge in [-0.2, -0.15) is 8.42 Å². The number of alkyl carbamates (subject to hydrolysis) is 1. The van der Waals surface area contributed by atoms with E-state index in [0.29, 0.717) is 34.1 Å². The topological polar surface area (TPSA) is 147 Å². The fraction of sp³-hybridized carbons (Fsp3) is 0.179. The van der Waals surface area contributed by atoms with Gasteiger partial charge in [-0.1, -0.05) is 78.9 Å². The number of anilines is 2. The van der Waals surface area contributed by atoms with E-state index in [0.717, 1.165) is 11.1 Å². The van der Waals surface area contributed by atoms with Crippen molar-refractivity contribution in [1.82, 2.24) is 10.3 Å². The van der Waals surface area contributed by atoms with Crippen LogP contribution in [0.1, 0.15) is 16.1 Å². The lowest BCUT2D eigenvalue weighted by Crippen LogP contribution is -2.45. The summed E-state index contributed by atoms with van der Waals surface area (Å²) in [6.45, 7) is 0. The molecular weight excluding hydrogens is 552 g/mol. The molecule has 4 aromatic rings. The molecule has 0 radical (unpaired) electrons. The second kappa shape index (κ2) is 13.2. The maximum absolute atomic E-state index is 13.4. The minimum atomic E-state index is -4.43. The molecule has 0 saturated heterocycles. The third-order valence-corrected chi connectivity index (χ3v) is 7.40. The number of rotatable bonds is 11. The van der Waals surface area contributed by atoms with E-state index in [9.17, 15) is 22.6 Å². The number of hydrogen-bond donors (Lipinski definition) is 4. The van der Waals surface area contributed by atoms with Crippen LogP contribution in [0.2, 0.25) is 0 Å². The number of aromatic nitrogens is 1. The van der Waals surface area contributed by atoms with Crippen LogP contribution in [0, 0.1) is 0 Å². The number of benzene rings is 3. The Balaban J connectivity index is 1.59. The Kier molecular flexibility index (Phi) is 9.48. The summed E-state index contributed by atoms with van der Waals surface area (Å²) < 4.78 is 38.8.